The van der Waals surface area contributed by atoms with E-state index in [1.54, 1.807) is 0 Å². The Labute approximate surface area is 80.0 Å². The van der Waals surface area contributed by atoms with Crippen LogP contribution in [-0.2, 0) is 6.42 Å². The van der Waals surface area contributed by atoms with E-state index in [9.17, 15) is 0 Å². The van der Waals surface area contributed by atoms with Gasteiger partial charge in [0.2, 0.25) is 0 Å². The Morgan fingerprint density at radius 2 is 1.92 bits per heavy atom. The number of aryl methyl sites for hydroxylation is 3. The van der Waals surface area contributed by atoms with Crippen molar-refractivity contribution in [1.29, 1.82) is 5.26 Å². The summed E-state index contributed by atoms with van der Waals surface area (Å²) in [4.78, 5) is 0. The van der Waals surface area contributed by atoms with Crippen LogP contribution in [0.2, 0.25) is 0 Å². The van der Waals surface area contributed by atoms with Crippen LogP contribution in [0.25, 0.3) is 0 Å². The van der Waals surface area contributed by atoms with Gasteiger partial charge in [-0.05, 0) is 43.9 Å². The van der Waals surface area contributed by atoms with Crippen LogP contribution in [0.5, 0.6) is 0 Å². The lowest BCUT2D eigenvalue weighted by atomic mass is 9.97. The van der Waals surface area contributed by atoms with Crippen LogP contribution in [-0.4, -0.2) is 0 Å². The highest BCUT2D eigenvalue weighted by molar-refractivity contribution is 5.37. The molecule has 1 rings (SSSR count). The van der Waals surface area contributed by atoms with E-state index in [0.717, 1.165) is 6.42 Å². The highest BCUT2D eigenvalue weighted by Crippen LogP contribution is 2.17. The third-order valence-corrected chi connectivity index (χ3v) is 2.43. The molecular weight excluding hydrogens is 158 g/mol. The van der Waals surface area contributed by atoms with Crippen molar-refractivity contribution in [2.45, 2.75) is 33.6 Å². The molecule has 0 bridgehead atoms. The summed E-state index contributed by atoms with van der Waals surface area (Å²) >= 11 is 0. The number of hydrogen-bond acceptors (Lipinski definition) is 1. The molecule has 0 amide bonds. The van der Waals surface area contributed by atoms with Crippen LogP contribution in [0.15, 0.2) is 12.1 Å². The van der Waals surface area contributed by atoms with E-state index in [2.05, 4.69) is 39.0 Å². The minimum atomic E-state index is 0.615. The van der Waals surface area contributed by atoms with Gasteiger partial charge in [0.15, 0.2) is 0 Å². The van der Waals surface area contributed by atoms with Crippen LogP contribution in [0.1, 0.15) is 28.7 Å². The van der Waals surface area contributed by atoms with E-state index in [1.165, 1.54) is 22.3 Å². The topological polar surface area (TPSA) is 23.8 Å². The third-order valence-electron chi connectivity index (χ3n) is 2.43. The molecule has 0 spiro atoms. The van der Waals surface area contributed by atoms with Crippen molar-refractivity contribution >= 4 is 0 Å². The van der Waals surface area contributed by atoms with Crippen molar-refractivity contribution in [1.82, 2.24) is 0 Å². The Bertz CT molecular complexity index is 345. The summed E-state index contributed by atoms with van der Waals surface area (Å²) in [6.45, 7) is 6.35. The predicted octanol–water partition coefficient (Wildman–Crippen LogP) is 3.07. The summed E-state index contributed by atoms with van der Waals surface area (Å²) in [5, 5.41) is 8.51. The Kier molecular flexibility index (Phi) is 3.08. The monoisotopic (exact) mass is 173 g/mol. The Hall–Kier alpha value is -1.29. The first-order valence-corrected chi connectivity index (χ1v) is 4.59. The van der Waals surface area contributed by atoms with Crippen molar-refractivity contribution in [2.24, 2.45) is 0 Å². The number of rotatable bonds is 2. The van der Waals surface area contributed by atoms with E-state index < -0.39 is 0 Å². The molecule has 1 aromatic carbocycles. The number of nitriles is 1. The lowest BCUT2D eigenvalue weighted by Crippen LogP contribution is -1.93. The molecule has 0 saturated carbocycles. The van der Waals surface area contributed by atoms with Gasteiger partial charge in [-0.25, -0.2) is 0 Å². The highest BCUT2D eigenvalue weighted by Gasteiger charge is 2.01. The molecule has 0 aliphatic rings. The van der Waals surface area contributed by atoms with Gasteiger partial charge in [0, 0.05) is 6.42 Å². The first-order valence-electron chi connectivity index (χ1n) is 4.59. The summed E-state index contributed by atoms with van der Waals surface area (Å²) in [6.07, 6.45) is 1.49. The second kappa shape index (κ2) is 4.09. The van der Waals surface area contributed by atoms with E-state index in [0.29, 0.717) is 6.42 Å². The lowest BCUT2D eigenvalue weighted by Gasteiger charge is -2.08. The van der Waals surface area contributed by atoms with Crippen LogP contribution < -0.4 is 0 Å². The van der Waals surface area contributed by atoms with E-state index in [4.69, 9.17) is 5.26 Å². The van der Waals surface area contributed by atoms with Gasteiger partial charge in [-0.1, -0.05) is 17.7 Å². The fourth-order valence-electron chi connectivity index (χ4n) is 1.58. The van der Waals surface area contributed by atoms with Crippen molar-refractivity contribution in [3.63, 3.8) is 0 Å². The maximum absolute atomic E-state index is 8.51. The third kappa shape index (κ3) is 2.32. The van der Waals surface area contributed by atoms with Gasteiger partial charge in [0.25, 0.3) is 0 Å². The first kappa shape index (κ1) is 9.80. The Morgan fingerprint density at radius 1 is 1.23 bits per heavy atom. The van der Waals surface area contributed by atoms with Gasteiger partial charge in [0.1, 0.15) is 0 Å². The van der Waals surface area contributed by atoms with Crippen LogP contribution >= 0.6 is 0 Å². The molecule has 0 atom stereocenters. The van der Waals surface area contributed by atoms with Crippen molar-refractivity contribution in [2.75, 3.05) is 0 Å². The summed E-state index contributed by atoms with van der Waals surface area (Å²) in [5.41, 5.74) is 5.27. The average molecular weight is 173 g/mol. The van der Waals surface area contributed by atoms with Crippen LogP contribution in [0.3, 0.4) is 0 Å². The van der Waals surface area contributed by atoms with Crippen molar-refractivity contribution in [3.05, 3.63) is 34.4 Å². The van der Waals surface area contributed by atoms with Gasteiger partial charge >= 0.3 is 0 Å². The minimum absolute atomic E-state index is 0.615. The molecule has 68 valence electrons. The fraction of sp³-hybridized carbons (Fsp3) is 0.417. The second-order valence-electron chi connectivity index (χ2n) is 3.52. The van der Waals surface area contributed by atoms with E-state index in [-0.39, 0.29) is 0 Å². The maximum Gasteiger partial charge on any atom is 0.0625 e. The molecule has 13 heavy (non-hydrogen) atoms. The van der Waals surface area contributed by atoms with E-state index in [1.807, 2.05) is 0 Å². The molecule has 0 saturated heterocycles. The van der Waals surface area contributed by atoms with Crippen LogP contribution in [0, 0.1) is 32.1 Å². The maximum atomic E-state index is 8.51. The molecule has 1 aromatic rings. The minimum Gasteiger partial charge on any atom is -0.198 e. The lowest BCUT2D eigenvalue weighted by molar-refractivity contribution is 0.986. The summed E-state index contributed by atoms with van der Waals surface area (Å²) in [6, 6.07) is 6.55. The molecule has 0 N–H and O–H groups in total. The molecule has 0 fully saturated rings. The summed E-state index contributed by atoms with van der Waals surface area (Å²) < 4.78 is 0. The van der Waals surface area contributed by atoms with Gasteiger partial charge in [-0.15, -0.1) is 0 Å². The normalized spacial score (nSPS) is 9.69. The Morgan fingerprint density at radius 3 is 2.54 bits per heavy atom. The van der Waals surface area contributed by atoms with Crippen molar-refractivity contribution < 1.29 is 0 Å². The zero-order valence-electron chi connectivity index (χ0n) is 8.52. The number of benzene rings is 1. The first-order chi connectivity index (χ1) is 6.15. The predicted molar refractivity (Wildman–Crippen MR) is 54.6 cm³/mol. The van der Waals surface area contributed by atoms with Gasteiger partial charge in [-0.2, -0.15) is 5.26 Å². The van der Waals surface area contributed by atoms with Gasteiger partial charge in [0.05, 0.1) is 6.07 Å². The molecule has 0 aromatic heterocycles. The van der Waals surface area contributed by atoms with Crippen LogP contribution in [0.4, 0.5) is 0 Å². The molecule has 0 radical (unpaired) electrons. The number of hydrogen-bond donors (Lipinski definition) is 0. The standard InChI is InChI=1S/C12H15N/c1-9-7-10(2)11(3)12(8-9)5-4-6-13/h7-8H,4-5H2,1-3H3. The highest BCUT2D eigenvalue weighted by atomic mass is 14.2. The second-order valence-corrected chi connectivity index (χ2v) is 3.52. The smallest absolute Gasteiger partial charge is 0.0625 e. The largest absolute Gasteiger partial charge is 0.198 e. The molecule has 0 aliphatic heterocycles. The van der Waals surface area contributed by atoms with Crippen molar-refractivity contribution in [3.8, 4) is 6.07 Å². The Balaban J connectivity index is 3.00. The van der Waals surface area contributed by atoms with Gasteiger partial charge < -0.3 is 0 Å². The molecule has 1 heteroatoms. The average Bonchev–Trinajstić information content (AvgIpc) is 2.09. The quantitative estimate of drug-likeness (QED) is 0.674. The fourth-order valence-corrected chi connectivity index (χ4v) is 1.58. The van der Waals surface area contributed by atoms with Gasteiger partial charge in [-0.3, -0.25) is 0 Å². The molecule has 0 heterocycles. The summed E-state index contributed by atoms with van der Waals surface area (Å²) in [5.74, 6) is 0. The molecule has 0 aliphatic carbocycles. The zero-order chi connectivity index (χ0) is 9.84. The summed E-state index contributed by atoms with van der Waals surface area (Å²) in [7, 11) is 0. The zero-order valence-corrected chi connectivity index (χ0v) is 8.52. The molecule has 0 unspecified atom stereocenters. The molecular formula is C12H15N. The number of nitrogens with zero attached hydrogens (tertiary/aromatic N) is 1. The van der Waals surface area contributed by atoms with E-state index >= 15 is 0 Å². The molecule has 1 nitrogen and oxygen atoms in total. The SMILES string of the molecule is Cc1cc(C)c(C)c(CCC#N)c1.